The number of aliphatic hydroxyl groups is 1. The molecular weight excluding hydrogens is 407 g/mol. The lowest BCUT2D eigenvalue weighted by Gasteiger charge is -2.27. The zero-order valence-corrected chi connectivity index (χ0v) is 17.1. The number of halogens is 2. The molecule has 0 aromatic heterocycles. The summed E-state index contributed by atoms with van der Waals surface area (Å²) in [6.07, 6.45) is 2.23. The van der Waals surface area contributed by atoms with Crippen LogP contribution in [-0.4, -0.2) is 52.8 Å². The lowest BCUT2D eigenvalue weighted by molar-refractivity contribution is -0.140. The lowest BCUT2D eigenvalue weighted by atomic mass is 9.95. The SMILES string of the molecule is O=C1C(=O)N(CCN2CCCC2)C(c2cccc(F)c2)/C1=C(\O)c1ccc(Cl)cc1. The standard InChI is InChI=1S/C23H22ClFN2O3/c24-17-8-6-15(7-9-17)21(28)19-20(16-4-3-5-18(25)14-16)27(23(30)22(19)29)13-12-26-10-1-2-11-26/h3-9,14,20,28H,1-2,10-13H2/b21-19+. The Labute approximate surface area is 179 Å². The van der Waals surface area contributed by atoms with E-state index in [0.717, 1.165) is 25.9 Å². The molecule has 2 heterocycles. The fraction of sp³-hybridized carbons (Fsp3) is 0.304. The first kappa shape index (κ1) is 20.6. The summed E-state index contributed by atoms with van der Waals surface area (Å²) in [5.74, 6) is -2.20. The Balaban J connectivity index is 1.76. The van der Waals surface area contributed by atoms with Crippen molar-refractivity contribution in [2.75, 3.05) is 26.2 Å². The predicted octanol–water partition coefficient (Wildman–Crippen LogP) is 4.00. The Morgan fingerprint density at radius 1 is 1.07 bits per heavy atom. The minimum Gasteiger partial charge on any atom is -0.507 e. The third-order valence-corrected chi connectivity index (χ3v) is 5.93. The monoisotopic (exact) mass is 428 g/mol. The second-order valence-corrected chi connectivity index (χ2v) is 8.04. The van der Waals surface area contributed by atoms with E-state index in [-0.39, 0.29) is 11.3 Å². The number of likely N-dealkylation sites (tertiary alicyclic amines) is 2. The minimum atomic E-state index is -0.848. The van der Waals surface area contributed by atoms with E-state index in [2.05, 4.69) is 4.90 Å². The highest BCUT2D eigenvalue weighted by atomic mass is 35.5. The van der Waals surface area contributed by atoms with Gasteiger partial charge in [-0.05, 0) is 67.9 Å². The van der Waals surface area contributed by atoms with Gasteiger partial charge < -0.3 is 14.9 Å². The number of aliphatic hydroxyl groups excluding tert-OH is 1. The van der Waals surface area contributed by atoms with Gasteiger partial charge in [-0.15, -0.1) is 0 Å². The molecule has 5 nitrogen and oxygen atoms in total. The number of rotatable bonds is 5. The summed E-state index contributed by atoms with van der Waals surface area (Å²) in [5, 5.41) is 11.4. The van der Waals surface area contributed by atoms with Gasteiger partial charge in [0.25, 0.3) is 11.7 Å². The van der Waals surface area contributed by atoms with E-state index in [1.165, 1.54) is 23.1 Å². The zero-order chi connectivity index (χ0) is 21.3. The highest BCUT2D eigenvalue weighted by molar-refractivity contribution is 6.46. The number of ketones is 1. The molecule has 1 unspecified atom stereocenters. The van der Waals surface area contributed by atoms with Gasteiger partial charge in [0, 0.05) is 23.7 Å². The van der Waals surface area contributed by atoms with Gasteiger partial charge in [-0.3, -0.25) is 9.59 Å². The highest BCUT2D eigenvalue weighted by Gasteiger charge is 2.46. The third kappa shape index (κ3) is 3.98. The Hall–Kier alpha value is -2.70. The van der Waals surface area contributed by atoms with Gasteiger partial charge in [-0.1, -0.05) is 23.7 Å². The maximum Gasteiger partial charge on any atom is 0.295 e. The van der Waals surface area contributed by atoms with E-state index in [9.17, 15) is 19.1 Å². The second-order valence-electron chi connectivity index (χ2n) is 7.60. The molecule has 2 aliphatic rings. The fourth-order valence-electron chi connectivity index (χ4n) is 4.15. The van der Waals surface area contributed by atoms with Crippen LogP contribution in [0.3, 0.4) is 0 Å². The first-order valence-electron chi connectivity index (χ1n) is 9.98. The Bertz CT molecular complexity index is 1000. The van der Waals surface area contributed by atoms with Crippen molar-refractivity contribution in [3.63, 3.8) is 0 Å². The van der Waals surface area contributed by atoms with Crippen molar-refractivity contribution in [2.24, 2.45) is 0 Å². The Kier molecular flexibility index (Phi) is 5.88. The molecule has 2 fully saturated rings. The second kappa shape index (κ2) is 8.58. The van der Waals surface area contributed by atoms with Crippen LogP contribution in [0.5, 0.6) is 0 Å². The maximum atomic E-state index is 14.0. The van der Waals surface area contributed by atoms with Crippen molar-refractivity contribution >= 4 is 29.1 Å². The number of hydrogen-bond acceptors (Lipinski definition) is 4. The van der Waals surface area contributed by atoms with E-state index >= 15 is 0 Å². The van der Waals surface area contributed by atoms with Crippen LogP contribution >= 0.6 is 11.6 Å². The molecule has 7 heteroatoms. The summed E-state index contributed by atoms with van der Waals surface area (Å²) in [7, 11) is 0. The Morgan fingerprint density at radius 2 is 1.77 bits per heavy atom. The third-order valence-electron chi connectivity index (χ3n) is 5.68. The number of benzene rings is 2. The molecule has 2 aromatic carbocycles. The normalized spacial score (nSPS) is 21.5. The molecule has 1 amide bonds. The summed E-state index contributed by atoms with van der Waals surface area (Å²) in [6.45, 7) is 2.86. The first-order valence-corrected chi connectivity index (χ1v) is 10.4. The molecule has 30 heavy (non-hydrogen) atoms. The molecule has 156 valence electrons. The number of carbonyl (C=O) groups is 2. The van der Waals surface area contributed by atoms with Gasteiger partial charge in [0.05, 0.1) is 11.6 Å². The van der Waals surface area contributed by atoms with E-state index in [4.69, 9.17) is 11.6 Å². The zero-order valence-electron chi connectivity index (χ0n) is 16.4. The molecule has 0 aliphatic carbocycles. The van der Waals surface area contributed by atoms with Crippen molar-refractivity contribution in [3.05, 3.63) is 76.1 Å². The fourth-order valence-corrected chi connectivity index (χ4v) is 4.28. The number of hydrogen-bond donors (Lipinski definition) is 1. The quantitative estimate of drug-likeness (QED) is 0.444. The molecule has 0 radical (unpaired) electrons. The minimum absolute atomic E-state index is 0.0330. The van der Waals surface area contributed by atoms with Crippen molar-refractivity contribution in [1.29, 1.82) is 0 Å². The molecule has 1 N–H and O–H groups in total. The van der Waals surface area contributed by atoms with Crippen LogP contribution in [0, 0.1) is 5.82 Å². The number of Topliss-reactive ketones (excluding diaryl/α,β-unsaturated/α-hetero) is 1. The van der Waals surface area contributed by atoms with Gasteiger partial charge in [-0.2, -0.15) is 0 Å². The van der Waals surface area contributed by atoms with E-state index < -0.39 is 23.5 Å². The topological polar surface area (TPSA) is 60.9 Å². The summed E-state index contributed by atoms with van der Waals surface area (Å²) in [5.41, 5.74) is 0.791. The highest BCUT2D eigenvalue weighted by Crippen LogP contribution is 2.39. The predicted molar refractivity (Wildman–Crippen MR) is 113 cm³/mol. The van der Waals surface area contributed by atoms with Crippen molar-refractivity contribution in [1.82, 2.24) is 9.80 Å². The van der Waals surface area contributed by atoms with Crippen LogP contribution in [0.25, 0.3) is 5.76 Å². The smallest absolute Gasteiger partial charge is 0.295 e. The van der Waals surface area contributed by atoms with Crippen LogP contribution in [0.1, 0.15) is 30.0 Å². The number of carbonyl (C=O) groups excluding carboxylic acids is 2. The maximum absolute atomic E-state index is 14.0. The van der Waals surface area contributed by atoms with Gasteiger partial charge >= 0.3 is 0 Å². The van der Waals surface area contributed by atoms with Crippen LogP contribution in [0.15, 0.2) is 54.1 Å². The average Bonchev–Trinajstić information content (AvgIpc) is 3.34. The van der Waals surface area contributed by atoms with Gasteiger partial charge in [-0.25, -0.2) is 4.39 Å². The molecule has 2 aliphatic heterocycles. The molecule has 1 atom stereocenters. The largest absolute Gasteiger partial charge is 0.507 e. The summed E-state index contributed by atoms with van der Waals surface area (Å²) in [4.78, 5) is 29.5. The van der Waals surface area contributed by atoms with E-state index in [0.29, 0.717) is 29.2 Å². The molecule has 4 rings (SSSR count). The first-order chi connectivity index (χ1) is 14.5. The summed E-state index contributed by atoms with van der Waals surface area (Å²) >= 11 is 5.92. The molecule has 2 saturated heterocycles. The molecule has 2 aromatic rings. The van der Waals surface area contributed by atoms with Crippen LogP contribution in [0.4, 0.5) is 4.39 Å². The van der Waals surface area contributed by atoms with Crippen LogP contribution < -0.4 is 0 Å². The summed E-state index contributed by atoms with van der Waals surface area (Å²) in [6, 6.07) is 11.3. The van der Waals surface area contributed by atoms with Crippen LogP contribution in [-0.2, 0) is 9.59 Å². The number of amides is 1. The van der Waals surface area contributed by atoms with Crippen LogP contribution in [0.2, 0.25) is 5.02 Å². The molecule has 0 spiro atoms. The van der Waals surface area contributed by atoms with Gasteiger partial charge in [0.15, 0.2) is 0 Å². The Morgan fingerprint density at radius 3 is 2.43 bits per heavy atom. The van der Waals surface area contributed by atoms with Crippen molar-refractivity contribution in [2.45, 2.75) is 18.9 Å². The van der Waals surface area contributed by atoms with Gasteiger partial charge in [0.1, 0.15) is 11.6 Å². The van der Waals surface area contributed by atoms with Crippen molar-refractivity contribution < 1.29 is 19.1 Å². The van der Waals surface area contributed by atoms with Crippen molar-refractivity contribution in [3.8, 4) is 0 Å². The molecular formula is C23H22ClFN2O3. The van der Waals surface area contributed by atoms with E-state index in [1.807, 2.05) is 0 Å². The average molecular weight is 429 g/mol. The number of nitrogens with zero attached hydrogens (tertiary/aromatic N) is 2. The summed E-state index contributed by atoms with van der Waals surface area (Å²) < 4.78 is 14.0. The van der Waals surface area contributed by atoms with Gasteiger partial charge in [0.2, 0.25) is 0 Å². The molecule has 0 saturated carbocycles. The van der Waals surface area contributed by atoms with E-state index in [1.54, 1.807) is 30.3 Å². The lowest BCUT2D eigenvalue weighted by Crippen LogP contribution is -2.37. The molecule has 0 bridgehead atoms.